The second-order valence-corrected chi connectivity index (χ2v) is 5.34. The van der Waals surface area contributed by atoms with E-state index in [0.717, 1.165) is 10.2 Å². The molecule has 20 heavy (non-hydrogen) atoms. The number of aliphatic hydroxyl groups excluding tert-OH is 1. The van der Waals surface area contributed by atoms with Gasteiger partial charge in [0, 0.05) is 4.47 Å². The Balaban J connectivity index is 2.64. The normalized spacial score (nSPS) is 12.8. The third-order valence-corrected chi connectivity index (χ3v) is 3.64. The van der Waals surface area contributed by atoms with Crippen molar-refractivity contribution in [1.82, 2.24) is 14.8 Å². The van der Waals surface area contributed by atoms with Crippen LogP contribution in [0.3, 0.4) is 0 Å². The van der Waals surface area contributed by atoms with E-state index in [-0.39, 0.29) is 5.76 Å². The SMILES string of the molecule is C/C=C(\C(O)=C/C)c1n[nH]c(=S)n1-c1ccc(Br)cc1. The van der Waals surface area contributed by atoms with Gasteiger partial charge < -0.3 is 5.11 Å². The summed E-state index contributed by atoms with van der Waals surface area (Å²) in [6.07, 6.45) is 3.43. The third-order valence-electron chi connectivity index (χ3n) is 2.84. The van der Waals surface area contributed by atoms with Crippen LogP contribution < -0.4 is 0 Å². The number of aliphatic hydroxyl groups is 1. The molecular formula is C14H14BrN3OS. The topological polar surface area (TPSA) is 53.8 Å². The molecule has 0 bridgehead atoms. The highest BCUT2D eigenvalue weighted by molar-refractivity contribution is 9.10. The zero-order chi connectivity index (χ0) is 14.7. The van der Waals surface area contributed by atoms with Gasteiger partial charge in [0.25, 0.3) is 0 Å². The molecule has 1 aromatic carbocycles. The Bertz CT molecular complexity index is 726. The molecule has 6 heteroatoms. The summed E-state index contributed by atoms with van der Waals surface area (Å²) < 4.78 is 3.25. The second-order valence-electron chi connectivity index (χ2n) is 4.04. The second kappa shape index (κ2) is 6.19. The van der Waals surface area contributed by atoms with E-state index >= 15 is 0 Å². The fourth-order valence-corrected chi connectivity index (χ4v) is 2.36. The lowest BCUT2D eigenvalue weighted by molar-refractivity contribution is 0.435. The van der Waals surface area contributed by atoms with Crippen LogP contribution >= 0.6 is 28.1 Å². The van der Waals surface area contributed by atoms with Crippen LogP contribution in [0, 0.1) is 4.77 Å². The van der Waals surface area contributed by atoms with E-state index < -0.39 is 0 Å². The fraction of sp³-hybridized carbons (Fsp3) is 0.143. The lowest BCUT2D eigenvalue weighted by Gasteiger charge is -2.09. The highest BCUT2D eigenvalue weighted by atomic mass is 79.9. The van der Waals surface area contributed by atoms with Crippen LogP contribution in [0.4, 0.5) is 0 Å². The predicted molar refractivity (Wildman–Crippen MR) is 86.5 cm³/mol. The first-order chi connectivity index (χ1) is 9.58. The molecule has 0 amide bonds. The highest BCUT2D eigenvalue weighted by Crippen LogP contribution is 2.23. The van der Waals surface area contributed by atoms with Gasteiger partial charge >= 0.3 is 0 Å². The van der Waals surface area contributed by atoms with Crippen molar-refractivity contribution in [2.75, 3.05) is 0 Å². The van der Waals surface area contributed by atoms with E-state index in [9.17, 15) is 5.11 Å². The van der Waals surface area contributed by atoms with Gasteiger partial charge in [-0.2, -0.15) is 5.10 Å². The molecule has 2 N–H and O–H groups in total. The molecule has 0 unspecified atom stereocenters. The van der Waals surface area contributed by atoms with Gasteiger partial charge in [-0.15, -0.1) is 0 Å². The van der Waals surface area contributed by atoms with E-state index in [2.05, 4.69) is 26.1 Å². The predicted octanol–water partition coefficient (Wildman–Crippen LogP) is 4.56. The van der Waals surface area contributed by atoms with Gasteiger partial charge in [0.15, 0.2) is 10.6 Å². The van der Waals surface area contributed by atoms with E-state index in [4.69, 9.17) is 12.2 Å². The number of H-pyrrole nitrogens is 1. The molecule has 2 rings (SSSR count). The van der Waals surface area contributed by atoms with Crippen LogP contribution in [0.25, 0.3) is 11.3 Å². The largest absolute Gasteiger partial charge is 0.508 e. The standard InChI is InChI=1S/C14H14BrN3OS/c1-3-11(12(19)4-2)13-16-17-14(20)18(13)10-7-5-9(15)6-8-10/h3-8,19H,1-2H3,(H,17,20)/b11-3+,12-4+. The van der Waals surface area contributed by atoms with E-state index in [1.807, 2.05) is 31.2 Å². The number of aromatic amines is 1. The Morgan fingerprint density at radius 3 is 2.50 bits per heavy atom. The first-order valence-corrected chi connectivity index (χ1v) is 7.24. The van der Waals surface area contributed by atoms with Crippen molar-refractivity contribution in [1.29, 1.82) is 0 Å². The molecule has 0 aliphatic heterocycles. The molecule has 2 aromatic rings. The minimum atomic E-state index is 0.167. The van der Waals surface area contributed by atoms with Crippen molar-refractivity contribution < 1.29 is 5.11 Å². The van der Waals surface area contributed by atoms with Crippen LogP contribution in [-0.2, 0) is 0 Å². The summed E-state index contributed by atoms with van der Waals surface area (Å²) in [5.74, 6) is 0.746. The van der Waals surface area contributed by atoms with Gasteiger partial charge in [-0.1, -0.05) is 22.0 Å². The molecule has 0 aliphatic carbocycles. The summed E-state index contributed by atoms with van der Waals surface area (Å²) in [7, 11) is 0. The molecule has 0 fully saturated rings. The molecule has 1 heterocycles. The summed E-state index contributed by atoms with van der Waals surface area (Å²) in [6, 6.07) is 7.72. The average molecular weight is 352 g/mol. The van der Waals surface area contributed by atoms with E-state index in [1.165, 1.54) is 0 Å². The minimum Gasteiger partial charge on any atom is -0.508 e. The van der Waals surface area contributed by atoms with Crippen molar-refractivity contribution in [2.45, 2.75) is 13.8 Å². The molecular weight excluding hydrogens is 338 g/mol. The van der Waals surface area contributed by atoms with Gasteiger partial charge in [0.05, 0.1) is 11.3 Å². The molecule has 104 valence electrons. The van der Waals surface area contributed by atoms with Crippen molar-refractivity contribution >= 4 is 33.7 Å². The first kappa shape index (κ1) is 14.7. The molecule has 0 saturated carbocycles. The zero-order valence-electron chi connectivity index (χ0n) is 11.1. The first-order valence-electron chi connectivity index (χ1n) is 6.04. The summed E-state index contributed by atoms with van der Waals surface area (Å²) in [6.45, 7) is 3.61. The van der Waals surface area contributed by atoms with Crippen molar-refractivity contribution in [3.8, 4) is 5.69 Å². The number of benzene rings is 1. The Labute approximate surface area is 130 Å². The monoisotopic (exact) mass is 351 g/mol. The Kier molecular flexibility index (Phi) is 4.57. The molecule has 1 aromatic heterocycles. The number of rotatable bonds is 3. The number of nitrogens with one attached hydrogen (secondary N) is 1. The van der Waals surface area contributed by atoms with Crippen LogP contribution in [0.5, 0.6) is 0 Å². The van der Waals surface area contributed by atoms with Gasteiger partial charge in [-0.25, -0.2) is 0 Å². The van der Waals surface area contributed by atoms with Crippen molar-refractivity contribution in [2.24, 2.45) is 0 Å². The number of hydrogen-bond donors (Lipinski definition) is 2. The Morgan fingerprint density at radius 2 is 1.95 bits per heavy atom. The van der Waals surface area contributed by atoms with Crippen LogP contribution in [0.2, 0.25) is 0 Å². The quantitative estimate of drug-likeness (QED) is 0.484. The zero-order valence-corrected chi connectivity index (χ0v) is 13.5. The summed E-state index contributed by atoms with van der Waals surface area (Å²) >= 11 is 8.69. The van der Waals surface area contributed by atoms with Crippen molar-refractivity contribution in [3.05, 3.63) is 57.2 Å². The van der Waals surface area contributed by atoms with E-state index in [0.29, 0.717) is 16.2 Å². The van der Waals surface area contributed by atoms with Gasteiger partial charge in [-0.3, -0.25) is 9.67 Å². The van der Waals surface area contributed by atoms with Crippen molar-refractivity contribution in [3.63, 3.8) is 0 Å². The van der Waals surface area contributed by atoms with Crippen LogP contribution in [-0.4, -0.2) is 19.9 Å². The summed E-state index contributed by atoms with van der Waals surface area (Å²) in [5, 5.41) is 17.0. The molecule has 0 spiro atoms. The summed E-state index contributed by atoms with van der Waals surface area (Å²) in [5.41, 5.74) is 1.51. The van der Waals surface area contributed by atoms with Gasteiger partial charge in [0.1, 0.15) is 5.76 Å². The minimum absolute atomic E-state index is 0.167. The fourth-order valence-electron chi connectivity index (χ4n) is 1.85. The number of hydrogen-bond acceptors (Lipinski definition) is 3. The average Bonchev–Trinajstić information content (AvgIpc) is 2.82. The highest BCUT2D eigenvalue weighted by Gasteiger charge is 2.15. The molecule has 0 aliphatic rings. The summed E-state index contributed by atoms with van der Waals surface area (Å²) in [4.78, 5) is 0. The Hall–Kier alpha value is -1.66. The Morgan fingerprint density at radius 1 is 1.30 bits per heavy atom. The molecule has 0 radical (unpaired) electrons. The molecule has 4 nitrogen and oxygen atoms in total. The van der Waals surface area contributed by atoms with Crippen LogP contribution in [0.1, 0.15) is 19.7 Å². The van der Waals surface area contributed by atoms with Gasteiger partial charge in [-0.05, 0) is 56.4 Å². The molecule has 0 saturated heterocycles. The third kappa shape index (κ3) is 2.76. The number of nitrogens with zero attached hydrogens (tertiary/aromatic N) is 2. The lowest BCUT2D eigenvalue weighted by atomic mass is 10.2. The number of allylic oxidation sites excluding steroid dienone is 3. The lowest BCUT2D eigenvalue weighted by Crippen LogP contribution is -2.02. The smallest absolute Gasteiger partial charge is 0.200 e. The number of aromatic nitrogens is 3. The maximum atomic E-state index is 9.98. The van der Waals surface area contributed by atoms with Gasteiger partial charge in [0.2, 0.25) is 0 Å². The number of halogens is 1. The molecule has 0 atom stereocenters. The maximum absolute atomic E-state index is 9.98. The maximum Gasteiger partial charge on any atom is 0.200 e. The van der Waals surface area contributed by atoms with E-state index in [1.54, 1.807) is 23.6 Å². The van der Waals surface area contributed by atoms with Crippen LogP contribution in [0.15, 0.2) is 46.6 Å².